The van der Waals surface area contributed by atoms with Crippen molar-refractivity contribution in [2.45, 2.75) is 23.6 Å². The first-order valence-corrected chi connectivity index (χ1v) is 6.70. The zero-order chi connectivity index (χ0) is 11.5. The summed E-state index contributed by atoms with van der Waals surface area (Å²) in [6.07, 6.45) is 6.63. The van der Waals surface area contributed by atoms with Crippen molar-refractivity contribution >= 4 is 33.0 Å². The lowest BCUT2D eigenvalue weighted by atomic mass is 10.3. The zero-order valence-electron chi connectivity index (χ0n) is 7.90. The highest BCUT2D eigenvalue weighted by atomic mass is 35.5. The van der Waals surface area contributed by atoms with Crippen molar-refractivity contribution in [3.05, 3.63) is 10.7 Å². The van der Waals surface area contributed by atoms with Crippen LogP contribution in [0.1, 0.15) is 13.3 Å². The number of sulfonamides is 1. The fraction of sp³-hybridized carbons (Fsp3) is 0.375. The van der Waals surface area contributed by atoms with E-state index in [1.54, 1.807) is 6.92 Å². The molecule has 0 aromatic carbocycles. The predicted molar refractivity (Wildman–Crippen MR) is 60.4 cm³/mol. The van der Waals surface area contributed by atoms with Crippen LogP contribution in [0.15, 0.2) is 10.4 Å². The Balaban J connectivity index is 2.81. The fourth-order valence-corrected chi connectivity index (χ4v) is 3.46. The molecule has 0 fully saturated rings. The maximum atomic E-state index is 11.7. The molecule has 7 heteroatoms. The standard InChI is InChI=1S/C8H9ClN2O2S2/c1-3-4-6(2)11-15(12,13)7-5-10-8(9)14-7/h1,5-6,11H,4H2,2H3. The number of thiazole rings is 1. The molecule has 82 valence electrons. The summed E-state index contributed by atoms with van der Waals surface area (Å²) in [6, 6.07) is -0.305. The number of halogens is 1. The van der Waals surface area contributed by atoms with E-state index in [0.717, 1.165) is 11.3 Å². The van der Waals surface area contributed by atoms with Gasteiger partial charge in [-0.1, -0.05) is 22.9 Å². The normalized spacial score (nSPS) is 13.4. The number of terminal acetylenes is 1. The second kappa shape index (κ2) is 4.94. The molecule has 0 spiro atoms. The topological polar surface area (TPSA) is 59.1 Å². The first-order chi connectivity index (χ1) is 6.95. The van der Waals surface area contributed by atoms with Crippen LogP contribution in [0.2, 0.25) is 4.47 Å². The van der Waals surface area contributed by atoms with Crippen LogP contribution in [0.3, 0.4) is 0 Å². The lowest BCUT2D eigenvalue weighted by Gasteiger charge is -2.09. The van der Waals surface area contributed by atoms with Crippen LogP contribution >= 0.6 is 22.9 Å². The highest BCUT2D eigenvalue weighted by molar-refractivity contribution is 7.91. The van der Waals surface area contributed by atoms with Gasteiger partial charge in [0, 0.05) is 12.5 Å². The number of hydrogen-bond donors (Lipinski definition) is 1. The van der Waals surface area contributed by atoms with E-state index in [-0.39, 0.29) is 14.7 Å². The van der Waals surface area contributed by atoms with E-state index >= 15 is 0 Å². The molecule has 0 aliphatic rings. The molecule has 4 nitrogen and oxygen atoms in total. The molecule has 1 aromatic rings. The highest BCUT2D eigenvalue weighted by Gasteiger charge is 2.19. The van der Waals surface area contributed by atoms with Gasteiger partial charge in [0.15, 0.2) is 8.68 Å². The van der Waals surface area contributed by atoms with E-state index in [4.69, 9.17) is 18.0 Å². The third-order valence-corrected chi connectivity index (χ3v) is 4.67. The summed E-state index contributed by atoms with van der Waals surface area (Å²) in [5.74, 6) is 2.38. The summed E-state index contributed by atoms with van der Waals surface area (Å²) in [7, 11) is -3.53. The minimum Gasteiger partial charge on any atom is -0.232 e. The maximum Gasteiger partial charge on any atom is 0.251 e. The van der Waals surface area contributed by atoms with Crippen molar-refractivity contribution in [3.8, 4) is 12.3 Å². The van der Waals surface area contributed by atoms with Crippen molar-refractivity contribution in [2.24, 2.45) is 0 Å². The summed E-state index contributed by atoms with van der Waals surface area (Å²) in [6.45, 7) is 1.69. The van der Waals surface area contributed by atoms with Gasteiger partial charge in [-0.3, -0.25) is 0 Å². The molecular formula is C8H9ClN2O2S2. The molecule has 1 atom stereocenters. The number of rotatable bonds is 4. The van der Waals surface area contributed by atoms with Crippen LogP contribution in [0.5, 0.6) is 0 Å². The van der Waals surface area contributed by atoms with E-state index in [9.17, 15) is 8.42 Å². The van der Waals surface area contributed by atoms with Gasteiger partial charge in [0.25, 0.3) is 10.0 Å². The molecule has 0 aliphatic carbocycles. The zero-order valence-corrected chi connectivity index (χ0v) is 10.3. The Kier molecular flexibility index (Phi) is 4.11. The van der Waals surface area contributed by atoms with Crippen LogP contribution in [0.25, 0.3) is 0 Å². The van der Waals surface area contributed by atoms with Crippen LogP contribution in [-0.4, -0.2) is 19.4 Å². The van der Waals surface area contributed by atoms with Crippen LogP contribution < -0.4 is 4.72 Å². The van der Waals surface area contributed by atoms with Gasteiger partial charge in [0.2, 0.25) is 0 Å². The first kappa shape index (κ1) is 12.5. The number of nitrogens with zero attached hydrogens (tertiary/aromatic N) is 1. The molecule has 0 saturated heterocycles. The predicted octanol–water partition coefficient (Wildman–Crippen LogP) is 1.49. The quantitative estimate of drug-likeness (QED) is 0.838. The maximum absolute atomic E-state index is 11.7. The third kappa shape index (κ3) is 3.47. The Hall–Kier alpha value is -0.610. The number of nitrogens with one attached hydrogen (secondary N) is 1. The van der Waals surface area contributed by atoms with Crippen molar-refractivity contribution in [1.82, 2.24) is 9.71 Å². The van der Waals surface area contributed by atoms with Crippen molar-refractivity contribution < 1.29 is 8.42 Å². The molecule has 15 heavy (non-hydrogen) atoms. The van der Waals surface area contributed by atoms with E-state index in [1.165, 1.54) is 6.20 Å². The van der Waals surface area contributed by atoms with E-state index in [2.05, 4.69) is 15.6 Å². The lowest BCUT2D eigenvalue weighted by Crippen LogP contribution is -2.31. The second-order valence-corrected chi connectivity index (χ2v) is 6.42. The van der Waals surface area contributed by atoms with E-state index in [1.807, 2.05) is 0 Å². The smallest absolute Gasteiger partial charge is 0.232 e. The molecule has 0 bridgehead atoms. The summed E-state index contributed by atoms with van der Waals surface area (Å²) in [5, 5.41) is 0. The average molecular weight is 265 g/mol. The largest absolute Gasteiger partial charge is 0.251 e. The summed E-state index contributed by atoms with van der Waals surface area (Å²) < 4.78 is 26.0. The van der Waals surface area contributed by atoms with Crippen LogP contribution in [0.4, 0.5) is 0 Å². The molecule has 1 rings (SSSR count). The van der Waals surface area contributed by atoms with Gasteiger partial charge in [0.05, 0.1) is 6.20 Å². The summed E-state index contributed by atoms with van der Waals surface area (Å²) in [5.41, 5.74) is 0. The number of hydrogen-bond acceptors (Lipinski definition) is 4. The molecule has 1 aromatic heterocycles. The monoisotopic (exact) mass is 264 g/mol. The Morgan fingerprint density at radius 1 is 1.80 bits per heavy atom. The molecule has 0 saturated carbocycles. The van der Waals surface area contributed by atoms with E-state index in [0.29, 0.717) is 6.42 Å². The molecule has 1 N–H and O–H groups in total. The first-order valence-electron chi connectivity index (χ1n) is 4.03. The van der Waals surface area contributed by atoms with Gasteiger partial charge in [-0.15, -0.1) is 12.3 Å². The van der Waals surface area contributed by atoms with Gasteiger partial charge in [-0.05, 0) is 6.92 Å². The molecule has 1 heterocycles. The third-order valence-electron chi connectivity index (χ3n) is 1.50. The molecule has 0 radical (unpaired) electrons. The minimum atomic E-state index is -3.53. The van der Waals surface area contributed by atoms with Crippen molar-refractivity contribution in [3.63, 3.8) is 0 Å². The van der Waals surface area contributed by atoms with Crippen molar-refractivity contribution in [1.29, 1.82) is 0 Å². The van der Waals surface area contributed by atoms with Crippen LogP contribution in [-0.2, 0) is 10.0 Å². The van der Waals surface area contributed by atoms with Gasteiger partial charge in [0.1, 0.15) is 0 Å². The molecular weight excluding hydrogens is 256 g/mol. The summed E-state index contributed by atoms with van der Waals surface area (Å²) >= 11 is 6.45. The SMILES string of the molecule is C#CCC(C)NS(=O)(=O)c1cnc(Cl)s1. The Morgan fingerprint density at radius 3 is 2.93 bits per heavy atom. The average Bonchev–Trinajstić information content (AvgIpc) is 2.51. The summed E-state index contributed by atoms with van der Waals surface area (Å²) in [4.78, 5) is 3.66. The lowest BCUT2D eigenvalue weighted by molar-refractivity contribution is 0.565. The van der Waals surface area contributed by atoms with Gasteiger partial charge in [-0.25, -0.2) is 18.1 Å². The molecule has 0 amide bonds. The minimum absolute atomic E-state index is 0.0939. The fourth-order valence-electron chi connectivity index (χ4n) is 0.905. The van der Waals surface area contributed by atoms with Gasteiger partial charge in [-0.2, -0.15) is 0 Å². The van der Waals surface area contributed by atoms with Crippen molar-refractivity contribution in [2.75, 3.05) is 0 Å². The Morgan fingerprint density at radius 2 is 2.47 bits per heavy atom. The Bertz CT molecular complexity index is 475. The van der Waals surface area contributed by atoms with Gasteiger partial charge < -0.3 is 0 Å². The number of aromatic nitrogens is 1. The Labute approximate surface area is 97.7 Å². The van der Waals surface area contributed by atoms with Gasteiger partial charge >= 0.3 is 0 Å². The highest BCUT2D eigenvalue weighted by Crippen LogP contribution is 2.22. The molecule has 0 aliphatic heterocycles. The van der Waals surface area contributed by atoms with Crippen LogP contribution in [0, 0.1) is 12.3 Å². The molecule has 1 unspecified atom stereocenters. The second-order valence-electron chi connectivity index (χ2n) is 2.86. The van der Waals surface area contributed by atoms with E-state index < -0.39 is 10.0 Å².